The van der Waals surface area contributed by atoms with Gasteiger partial charge in [-0.3, -0.25) is 9.59 Å². The fraction of sp³-hybridized carbons (Fsp3) is 0.929. The zero-order chi connectivity index (χ0) is 27.0. The minimum absolute atomic E-state index is 0.221. The number of aliphatic hydroxyl groups is 4. The van der Waals surface area contributed by atoms with Gasteiger partial charge in [-0.05, 0) is 18.8 Å². The summed E-state index contributed by atoms with van der Waals surface area (Å²) in [6.07, 6.45) is 14.3. The quantitative estimate of drug-likeness (QED) is 0.103. The number of esters is 2. The molecule has 0 saturated carbocycles. The molecule has 0 saturated heterocycles. The highest BCUT2D eigenvalue weighted by molar-refractivity contribution is 5.77. The first kappa shape index (κ1) is 34.8. The highest BCUT2D eigenvalue weighted by atomic mass is 16.6. The highest BCUT2D eigenvalue weighted by Gasteiger charge is 2.23. The van der Waals surface area contributed by atoms with Crippen molar-refractivity contribution in [2.24, 2.45) is 5.92 Å². The summed E-state index contributed by atoms with van der Waals surface area (Å²) in [5.41, 5.74) is 0. The normalized spacial score (nSPS) is 14.0. The molecule has 0 rings (SSSR count). The molecule has 8 heteroatoms. The van der Waals surface area contributed by atoms with E-state index in [-0.39, 0.29) is 19.4 Å². The predicted molar refractivity (Wildman–Crippen MR) is 140 cm³/mol. The molecule has 0 bridgehead atoms. The zero-order valence-electron chi connectivity index (χ0n) is 22.9. The van der Waals surface area contributed by atoms with Crippen LogP contribution in [0.15, 0.2) is 0 Å². The highest BCUT2D eigenvalue weighted by Crippen LogP contribution is 2.16. The molecule has 0 aliphatic carbocycles. The van der Waals surface area contributed by atoms with Gasteiger partial charge in [0.05, 0.1) is 26.1 Å². The molecule has 0 aliphatic rings. The van der Waals surface area contributed by atoms with Crippen LogP contribution in [-0.4, -0.2) is 70.5 Å². The van der Waals surface area contributed by atoms with Crippen molar-refractivity contribution in [1.82, 2.24) is 0 Å². The van der Waals surface area contributed by atoms with Gasteiger partial charge in [0.25, 0.3) is 0 Å². The Morgan fingerprint density at radius 2 is 1.08 bits per heavy atom. The summed E-state index contributed by atoms with van der Waals surface area (Å²) in [7, 11) is 0. The molecular weight excluding hydrogens is 464 g/mol. The molecule has 0 spiro atoms. The summed E-state index contributed by atoms with van der Waals surface area (Å²) in [6, 6.07) is 0. The third kappa shape index (κ3) is 22.0. The van der Waals surface area contributed by atoms with Gasteiger partial charge < -0.3 is 29.9 Å². The monoisotopic (exact) mass is 518 g/mol. The Morgan fingerprint density at radius 3 is 1.53 bits per heavy atom. The van der Waals surface area contributed by atoms with E-state index in [2.05, 4.69) is 13.8 Å². The van der Waals surface area contributed by atoms with Crippen molar-refractivity contribution >= 4 is 11.9 Å². The van der Waals surface area contributed by atoms with E-state index in [0.717, 1.165) is 25.2 Å². The molecule has 214 valence electrons. The molecule has 4 N–H and O–H groups in total. The summed E-state index contributed by atoms with van der Waals surface area (Å²) < 4.78 is 10.0. The molecule has 3 unspecified atom stereocenters. The first-order chi connectivity index (χ1) is 17.3. The lowest BCUT2D eigenvalue weighted by Gasteiger charge is -2.22. The van der Waals surface area contributed by atoms with Crippen LogP contribution >= 0.6 is 0 Å². The van der Waals surface area contributed by atoms with Crippen LogP contribution < -0.4 is 0 Å². The van der Waals surface area contributed by atoms with Crippen LogP contribution in [0.25, 0.3) is 0 Å². The molecule has 0 heterocycles. The number of ether oxygens (including phenoxy) is 2. The van der Waals surface area contributed by atoms with E-state index in [0.29, 0.717) is 6.42 Å². The number of hydrogen-bond donors (Lipinski definition) is 4. The maximum absolute atomic E-state index is 12.0. The summed E-state index contributed by atoms with van der Waals surface area (Å²) in [4.78, 5) is 23.6. The maximum Gasteiger partial charge on any atom is 0.306 e. The smallest absolute Gasteiger partial charge is 0.306 e. The molecule has 0 aromatic rings. The van der Waals surface area contributed by atoms with Crippen molar-refractivity contribution in [2.75, 3.05) is 19.8 Å². The van der Waals surface area contributed by atoms with E-state index in [1.807, 2.05) is 0 Å². The van der Waals surface area contributed by atoms with Gasteiger partial charge in [-0.2, -0.15) is 0 Å². The molecule has 0 aliphatic heterocycles. The zero-order valence-corrected chi connectivity index (χ0v) is 22.9. The van der Waals surface area contributed by atoms with Crippen LogP contribution in [0.4, 0.5) is 0 Å². The molecule has 0 amide bonds. The minimum atomic E-state index is -1.16. The summed E-state index contributed by atoms with van der Waals surface area (Å²) >= 11 is 0. The lowest BCUT2D eigenvalue weighted by Crippen LogP contribution is -2.34. The second-order valence-electron chi connectivity index (χ2n) is 10.4. The third-order valence-electron chi connectivity index (χ3n) is 6.35. The fourth-order valence-corrected chi connectivity index (χ4v) is 4.04. The Hall–Kier alpha value is -1.22. The van der Waals surface area contributed by atoms with Crippen LogP contribution in [0.3, 0.4) is 0 Å². The van der Waals surface area contributed by atoms with Gasteiger partial charge in [0.1, 0.15) is 24.9 Å². The van der Waals surface area contributed by atoms with E-state index < -0.39 is 43.5 Å². The van der Waals surface area contributed by atoms with E-state index in [9.17, 15) is 19.8 Å². The molecule has 0 radical (unpaired) electrons. The van der Waals surface area contributed by atoms with Crippen LogP contribution in [0.5, 0.6) is 0 Å². The summed E-state index contributed by atoms with van der Waals surface area (Å²) in [6.45, 7) is 3.22. The Labute approximate surface area is 218 Å². The van der Waals surface area contributed by atoms with Crippen LogP contribution in [0, 0.1) is 5.92 Å². The van der Waals surface area contributed by atoms with Crippen LogP contribution in [-0.2, 0) is 19.1 Å². The van der Waals surface area contributed by atoms with Gasteiger partial charge in [-0.15, -0.1) is 0 Å². The standard InChI is InChI=1S/C28H54O8/c1-23(2)16-14-12-10-8-6-4-3-5-7-9-11-13-15-17-26(25(32)21-30)36-28(34)19-18-27(33)35-22-24(31)20-29/h23-26,29-32H,3-22H2,1-2H3. The lowest BCUT2D eigenvalue weighted by molar-refractivity contribution is -0.160. The number of carbonyl (C=O) groups excluding carboxylic acids is 2. The molecule has 0 aromatic heterocycles. The lowest BCUT2D eigenvalue weighted by atomic mass is 10.0. The Bertz CT molecular complexity index is 526. The van der Waals surface area contributed by atoms with Crippen molar-refractivity contribution in [3.63, 3.8) is 0 Å². The second-order valence-corrected chi connectivity index (χ2v) is 10.4. The average molecular weight is 519 g/mol. The van der Waals surface area contributed by atoms with Crippen molar-refractivity contribution < 1.29 is 39.5 Å². The Morgan fingerprint density at radius 1 is 0.639 bits per heavy atom. The van der Waals surface area contributed by atoms with Crippen molar-refractivity contribution in [3.05, 3.63) is 0 Å². The predicted octanol–water partition coefficient (Wildman–Crippen LogP) is 4.44. The van der Waals surface area contributed by atoms with Crippen LogP contribution in [0.1, 0.15) is 123 Å². The van der Waals surface area contributed by atoms with Crippen molar-refractivity contribution in [2.45, 2.75) is 141 Å². The first-order valence-electron chi connectivity index (χ1n) is 14.2. The SMILES string of the molecule is CC(C)CCCCCCCCCCCCCCCC(OC(=O)CCC(=O)OCC(O)CO)C(O)CO. The molecule has 36 heavy (non-hydrogen) atoms. The summed E-state index contributed by atoms with van der Waals surface area (Å²) in [5, 5.41) is 37.1. The number of hydrogen-bond acceptors (Lipinski definition) is 8. The van der Waals surface area contributed by atoms with E-state index in [1.165, 1.54) is 70.6 Å². The largest absolute Gasteiger partial charge is 0.463 e. The molecule has 3 atom stereocenters. The summed E-state index contributed by atoms with van der Waals surface area (Å²) in [5.74, 6) is -0.509. The second kappa shape index (κ2) is 24.1. The van der Waals surface area contributed by atoms with Crippen molar-refractivity contribution in [1.29, 1.82) is 0 Å². The molecule has 8 nitrogen and oxygen atoms in total. The van der Waals surface area contributed by atoms with Gasteiger partial charge in [0.2, 0.25) is 0 Å². The van der Waals surface area contributed by atoms with E-state index in [1.54, 1.807) is 0 Å². The topological polar surface area (TPSA) is 134 Å². The average Bonchev–Trinajstić information content (AvgIpc) is 2.86. The molecular formula is C28H54O8. The van der Waals surface area contributed by atoms with Crippen molar-refractivity contribution in [3.8, 4) is 0 Å². The molecule has 0 fully saturated rings. The number of aliphatic hydroxyl groups excluding tert-OH is 4. The number of unbranched alkanes of at least 4 members (excludes halogenated alkanes) is 12. The van der Waals surface area contributed by atoms with Gasteiger partial charge >= 0.3 is 11.9 Å². The van der Waals surface area contributed by atoms with Gasteiger partial charge in [-0.25, -0.2) is 0 Å². The van der Waals surface area contributed by atoms with E-state index in [4.69, 9.17) is 19.7 Å². The number of carbonyl (C=O) groups is 2. The van der Waals surface area contributed by atoms with Gasteiger partial charge in [-0.1, -0.05) is 97.3 Å². The maximum atomic E-state index is 12.0. The Balaban J connectivity index is 3.79. The number of rotatable bonds is 25. The van der Waals surface area contributed by atoms with Crippen LogP contribution in [0.2, 0.25) is 0 Å². The Kier molecular flexibility index (Phi) is 23.3. The third-order valence-corrected chi connectivity index (χ3v) is 6.35. The van der Waals surface area contributed by atoms with E-state index >= 15 is 0 Å². The van der Waals surface area contributed by atoms with Gasteiger partial charge in [0.15, 0.2) is 0 Å². The minimum Gasteiger partial charge on any atom is -0.463 e. The fourth-order valence-electron chi connectivity index (χ4n) is 4.04. The van der Waals surface area contributed by atoms with Gasteiger partial charge in [0, 0.05) is 0 Å². The first-order valence-corrected chi connectivity index (χ1v) is 14.2. The molecule has 0 aromatic carbocycles.